The van der Waals surface area contributed by atoms with Crippen LogP contribution in [-0.4, -0.2) is 21.1 Å². The molecule has 136 valence electrons. The Morgan fingerprint density at radius 1 is 1.00 bits per heavy atom. The molecule has 1 saturated carbocycles. The van der Waals surface area contributed by atoms with Crippen LogP contribution in [-0.2, 0) is 0 Å². The zero-order chi connectivity index (χ0) is 18.8. The highest BCUT2D eigenvalue weighted by atomic mass is 16.1. The van der Waals surface area contributed by atoms with E-state index in [1.54, 1.807) is 0 Å². The van der Waals surface area contributed by atoms with Crippen LogP contribution in [0.1, 0.15) is 46.3 Å². The molecule has 1 fully saturated rings. The summed E-state index contributed by atoms with van der Waals surface area (Å²) in [5, 5.41) is 11.5. The summed E-state index contributed by atoms with van der Waals surface area (Å²) in [5.41, 5.74) is 5.03. The van der Waals surface area contributed by atoms with Crippen molar-refractivity contribution in [3.05, 3.63) is 77.2 Å². The molecule has 2 aromatic heterocycles. The van der Waals surface area contributed by atoms with Gasteiger partial charge in [0.15, 0.2) is 0 Å². The van der Waals surface area contributed by atoms with Crippen molar-refractivity contribution >= 4 is 5.91 Å². The number of rotatable bonds is 5. The van der Waals surface area contributed by atoms with Crippen LogP contribution >= 0.6 is 0 Å². The molecule has 0 radical (unpaired) electrons. The van der Waals surface area contributed by atoms with Gasteiger partial charge in [0.25, 0.3) is 5.91 Å². The Hall–Kier alpha value is -3.08. The quantitative estimate of drug-likeness (QED) is 0.747. The second kappa shape index (κ2) is 7.27. The molecule has 0 bridgehead atoms. The van der Waals surface area contributed by atoms with Crippen LogP contribution in [0.15, 0.2) is 54.6 Å². The summed E-state index contributed by atoms with van der Waals surface area (Å²) >= 11 is 0. The topological polar surface area (TPSA) is 67.8 Å². The number of carbonyl (C=O) groups excluding carboxylic acids is 1. The number of aryl methyl sites for hydroxylation is 2. The smallest absolute Gasteiger partial charge is 0.251 e. The molecule has 3 aromatic rings. The fourth-order valence-electron chi connectivity index (χ4n) is 3.20. The van der Waals surface area contributed by atoms with Crippen molar-refractivity contribution in [2.24, 2.45) is 5.92 Å². The van der Waals surface area contributed by atoms with E-state index in [1.807, 2.05) is 68.4 Å². The van der Waals surface area contributed by atoms with Crippen molar-refractivity contribution < 1.29 is 4.79 Å². The maximum Gasteiger partial charge on any atom is 0.251 e. The van der Waals surface area contributed by atoms with Crippen molar-refractivity contribution in [2.75, 3.05) is 0 Å². The van der Waals surface area contributed by atoms with E-state index in [-0.39, 0.29) is 11.9 Å². The predicted octanol–water partition coefficient (Wildman–Crippen LogP) is 4.04. The Labute approximate surface area is 158 Å². The van der Waals surface area contributed by atoms with Crippen LogP contribution in [0.5, 0.6) is 0 Å². The van der Waals surface area contributed by atoms with Gasteiger partial charge in [-0.3, -0.25) is 9.78 Å². The Morgan fingerprint density at radius 2 is 1.81 bits per heavy atom. The van der Waals surface area contributed by atoms with Gasteiger partial charge in [0.2, 0.25) is 0 Å². The van der Waals surface area contributed by atoms with Crippen LogP contribution in [0, 0.1) is 19.8 Å². The van der Waals surface area contributed by atoms with E-state index in [4.69, 9.17) is 0 Å². The highest BCUT2D eigenvalue weighted by Gasteiger charge is 2.34. The Balaban J connectivity index is 1.57. The number of nitrogens with zero attached hydrogens (tertiary/aromatic N) is 3. The van der Waals surface area contributed by atoms with Gasteiger partial charge in [-0.2, -0.15) is 10.2 Å². The van der Waals surface area contributed by atoms with E-state index >= 15 is 0 Å². The first-order valence-corrected chi connectivity index (χ1v) is 9.25. The average Bonchev–Trinajstić information content (AvgIpc) is 3.52. The maximum atomic E-state index is 12.9. The lowest BCUT2D eigenvalue weighted by Crippen LogP contribution is -2.30. The molecule has 4 rings (SSSR count). The lowest BCUT2D eigenvalue weighted by molar-refractivity contribution is 0.0930. The number of carbonyl (C=O) groups is 1. The van der Waals surface area contributed by atoms with Crippen LogP contribution in [0.25, 0.3) is 11.3 Å². The first kappa shape index (κ1) is 17.3. The van der Waals surface area contributed by atoms with Crippen LogP contribution < -0.4 is 5.32 Å². The molecule has 1 N–H and O–H groups in total. The number of amides is 1. The zero-order valence-electron chi connectivity index (χ0n) is 15.5. The summed E-state index contributed by atoms with van der Waals surface area (Å²) in [6.07, 6.45) is 2.25. The van der Waals surface area contributed by atoms with Gasteiger partial charge in [0.05, 0.1) is 23.1 Å². The summed E-state index contributed by atoms with van der Waals surface area (Å²) in [5.74, 6) is 0.381. The van der Waals surface area contributed by atoms with Gasteiger partial charge in [0, 0.05) is 16.8 Å². The van der Waals surface area contributed by atoms with E-state index in [1.165, 1.54) is 0 Å². The Kier molecular flexibility index (Phi) is 4.67. The van der Waals surface area contributed by atoms with E-state index in [9.17, 15) is 4.79 Å². The minimum absolute atomic E-state index is 0.0415. The average molecular weight is 358 g/mol. The predicted molar refractivity (Wildman–Crippen MR) is 104 cm³/mol. The molecule has 5 heteroatoms. The van der Waals surface area contributed by atoms with Gasteiger partial charge in [-0.25, -0.2) is 0 Å². The fraction of sp³-hybridized carbons (Fsp3) is 0.273. The highest BCUT2D eigenvalue weighted by Crippen LogP contribution is 2.40. The third-order valence-corrected chi connectivity index (χ3v) is 4.83. The van der Waals surface area contributed by atoms with E-state index in [2.05, 4.69) is 20.5 Å². The molecule has 2 heterocycles. The van der Waals surface area contributed by atoms with Gasteiger partial charge in [-0.05, 0) is 69.0 Å². The van der Waals surface area contributed by atoms with Crippen molar-refractivity contribution in [2.45, 2.75) is 32.7 Å². The lowest BCUT2D eigenvalue weighted by atomic mass is 10.0. The highest BCUT2D eigenvalue weighted by molar-refractivity contribution is 5.95. The molecule has 1 aliphatic carbocycles. The van der Waals surface area contributed by atoms with Crippen molar-refractivity contribution in [3.8, 4) is 11.3 Å². The largest absolute Gasteiger partial charge is 0.343 e. The Morgan fingerprint density at radius 3 is 2.52 bits per heavy atom. The SMILES string of the molecule is Cc1ccc(-c2cccc(C(=O)N[C@@H](c3cccc(C)n3)C3CC3)c2)nn1. The number of hydrogen-bond acceptors (Lipinski definition) is 4. The number of pyridine rings is 1. The number of aromatic nitrogens is 3. The second-order valence-electron chi connectivity index (χ2n) is 7.13. The van der Waals surface area contributed by atoms with Crippen molar-refractivity contribution in [3.63, 3.8) is 0 Å². The van der Waals surface area contributed by atoms with Gasteiger partial charge in [0.1, 0.15) is 0 Å². The molecule has 1 amide bonds. The molecule has 27 heavy (non-hydrogen) atoms. The summed E-state index contributed by atoms with van der Waals surface area (Å²) in [7, 11) is 0. The lowest BCUT2D eigenvalue weighted by Gasteiger charge is -2.18. The first-order chi connectivity index (χ1) is 13.1. The number of nitrogens with one attached hydrogen (secondary N) is 1. The van der Waals surface area contributed by atoms with Crippen LogP contribution in [0.4, 0.5) is 0 Å². The van der Waals surface area contributed by atoms with Gasteiger partial charge in [-0.1, -0.05) is 18.2 Å². The Bertz CT molecular complexity index is 964. The fourth-order valence-corrected chi connectivity index (χ4v) is 3.20. The molecule has 0 unspecified atom stereocenters. The van der Waals surface area contributed by atoms with E-state index < -0.39 is 0 Å². The summed E-state index contributed by atoms with van der Waals surface area (Å²) in [6, 6.07) is 17.3. The molecule has 1 aromatic carbocycles. The molecule has 1 aliphatic rings. The molecular formula is C22H22N4O. The monoisotopic (exact) mass is 358 g/mol. The van der Waals surface area contributed by atoms with Crippen LogP contribution in [0.3, 0.4) is 0 Å². The summed E-state index contributed by atoms with van der Waals surface area (Å²) in [4.78, 5) is 17.5. The molecule has 5 nitrogen and oxygen atoms in total. The zero-order valence-corrected chi connectivity index (χ0v) is 15.5. The number of hydrogen-bond donors (Lipinski definition) is 1. The molecular weight excluding hydrogens is 336 g/mol. The first-order valence-electron chi connectivity index (χ1n) is 9.25. The van der Waals surface area contributed by atoms with E-state index in [0.717, 1.165) is 41.2 Å². The molecule has 0 saturated heterocycles. The minimum Gasteiger partial charge on any atom is -0.343 e. The van der Waals surface area contributed by atoms with Crippen molar-refractivity contribution in [1.82, 2.24) is 20.5 Å². The molecule has 0 spiro atoms. The van der Waals surface area contributed by atoms with Gasteiger partial charge < -0.3 is 5.32 Å². The van der Waals surface area contributed by atoms with E-state index in [0.29, 0.717) is 11.5 Å². The second-order valence-corrected chi connectivity index (χ2v) is 7.13. The molecule has 1 atom stereocenters. The summed E-state index contributed by atoms with van der Waals surface area (Å²) in [6.45, 7) is 3.87. The summed E-state index contributed by atoms with van der Waals surface area (Å²) < 4.78 is 0. The maximum absolute atomic E-state index is 12.9. The molecule has 0 aliphatic heterocycles. The van der Waals surface area contributed by atoms with Gasteiger partial charge in [-0.15, -0.1) is 0 Å². The van der Waals surface area contributed by atoms with Crippen molar-refractivity contribution in [1.29, 1.82) is 0 Å². The third-order valence-electron chi connectivity index (χ3n) is 4.83. The third kappa shape index (κ3) is 4.03. The standard InChI is InChI=1S/C22H22N4O/c1-14-5-3-8-20(23-14)21(16-10-11-16)24-22(27)18-7-4-6-17(13-18)19-12-9-15(2)25-26-19/h3-9,12-13,16,21H,10-11H2,1-2H3,(H,24,27)/t21-/m1/s1. The number of benzene rings is 1. The minimum atomic E-state index is -0.0860. The normalized spacial score (nSPS) is 14.6. The van der Waals surface area contributed by atoms with Gasteiger partial charge >= 0.3 is 0 Å². The van der Waals surface area contributed by atoms with Crippen LogP contribution in [0.2, 0.25) is 0 Å².